The summed E-state index contributed by atoms with van der Waals surface area (Å²) >= 11 is 0. The summed E-state index contributed by atoms with van der Waals surface area (Å²) in [5, 5.41) is 0. The molecule has 1 unspecified atom stereocenters. The van der Waals surface area contributed by atoms with Crippen LogP contribution in [0.1, 0.15) is 47.0 Å². The van der Waals surface area contributed by atoms with Gasteiger partial charge in [-0.3, -0.25) is 4.79 Å². The quantitative estimate of drug-likeness (QED) is 0.378. The van der Waals surface area contributed by atoms with Crippen molar-refractivity contribution in [3.8, 4) is 0 Å². The maximum atomic E-state index is 10.8. The Labute approximate surface area is 93.0 Å². The van der Waals surface area contributed by atoms with Gasteiger partial charge >= 0.3 is 5.97 Å². The summed E-state index contributed by atoms with van der Waals surface area (Å²) in [7, 11) is 0. The Balaban J connectivity index is 3.68. The highest BCUT2D eigenvalue weighted by Crippen LogP contribution is 2.09. The molecule has 0 spiro atoms. The first-order valence-electron chi connectivity index (χ1n) is 5.55. The molecule has 0 heterocycles. The molecule has 2 heteroatoms. The minimum Gasteiger partial charge on any atom is -0.435 e. The second-order valence-corrected chi connectivity index (χ2v) is 4.01. The average molecular weight is 210 g/mol. The number of rotatable bonds is 6. The van der Waals surface area contributed by atoms with Gasteiger partial charge in [-0.15, -0.1) is 0 Å². The summed E-state index contributed by atoms with van der Waals surface area (Å²) in [4.78, 5) is 10.8. The predicted molar refractivity (Wildman–Crippen MR) is 63.4 cm³/mol. The molecule has 0 aliphatic rings. The Morgan fingerprint density at radius 3 is 2.60 bits per heavy atom. The first-order chi connectivity index (χ1) is 7.06. The SMILES string of the molecule is CCC(=O)O/C=C/C(C)CCC=C(C)C. The highest BCUT2D eigenvalue weighted by molar-refractivity contribution is 5.69. The molecule has 86 valence electrons. The van der Waals surface area contributed by atoms with E-state index in [9.17, 15) is 4.79 Å². The molecule has 0 aliphatic carbocycles. The van der Waals surface area contributed by atoms with Crippen molar-refractivity contribution in [2.24, 2.45) is 5.92 Å². The zero-order valence-corrected chi connectivity index (χ0v) is 10.2. The van der Waals surface area contributed by atoms with Crippen LogP contribution >= 0.6 is 0 Å². The van der Waals surface area contributed by atoms with Crippen molar-refractivity contribution in [2.45, 2.75) is 47.0 Å². The van der Waals surface area contributed by atoms with Crippen molar-refractivity contribution in [3.05, 3.63) is 24.0 Å². The van der Waals surface area contributed by atoms with Crippen molar-refractivity contribution in [1.82, 2.24) is 0 Å². The molecule has 0 radical (unpaired) electrons. The molecule has 0 amide bonds. The van der Waals surface area contributed by atoms with Crippen molar-refractivity contribution in [1.29, 1.82) is 0 Å². The summed E-state index contributed by atoms with van der Waals surface area (Å²) in [6, 6.07) is 0. The van der Waals surface area contributed by atoms with Crippen molar-refractivity contribution in [3.63, 3.8) is 0 Å². The molecule has 0 fully saturated rings. The maximum Gasteiger partial charge on any atom is 0.310 e. The molecule has 0 saturated heterocycles. The van der Waals surface area contributed by atoms with E-state index in [1.165, 1.54) is 11.8 Å². The van der Waals surface area contributed by atoms with E-state index >= 15 is 0 Å². The smallest absolute Gasteiger partial charge is 0.310 e. The first-order valence-corrected chi connectivity index (χ1v) is 5.55. The molecule has 0 bridgehead atoms. The second-order valence-electron chi connectivity index (χ2n) is 4.01. The van der Waals surface area contributed by atoms with Crippen LogP contribution in [0.15, 0.2) is 24.0 Å². The van der Waals surface area contributed by atoms with E-state index in [0.29, 0.717) is 12.3 Å². The van der Waals surface area contributed by atoms with Gasteiger partial charge in [0.25, 0.3) is 0 Å². The van der Waals surface area contributed by atoms with Crippen LogP contribution in [0.25, 0.3) is 0 Å². The molecule has 0 N–H and O–H groups in total. The number of ether oxygens (including phenoxy) is 1. The standard InChI is InChI=1S/C13H22O2/c1-5-13(14)15-10-9-12(4)8-6-7-11(2)3/h7,9-10,12H,5-6,8H2,1-4H3/b10-9+. The van der Waals surface area contributed by atoms with E-state index in [-0.39, 0.29) is 5.97 Å². The first kappa shape index (κ1) is 13.9. The number of hydrogen-bond donors (Lipinski definition) is 0. The number of esters is 1. The van der Waals surface area contributed by atoms with E-state index in [2.05, 4.69) is 26.8 Å². The summed E-state index contributed by atoms with van der Waals surface area (Å²) in [6.07, 6.45) is 8.27. The Morgan fingerprint density at radius 1 is 1.40 bits per heavy atom. The van der Waals surface area contributed by atoms with Crippen LogP contribution in [-0.4, -0.2) is 5.97 Å². The maximum absolute atomic E-state index is 10.8. The Bertz CT molecular complexity index is 235. The lowest BCUT2D eigenvalue weighted by atomic mass is 10.1. The summed E-state index contributed by atoms with van der Waals surface area (Å²) in [5.41, 5.74) is 1.35. The minimum atomic E-state index is -0.178. The fourth-order valence-electron chi connectivity index (χ4n) is 1.06. The van der Waals surface area contributed by atoms with Crippen LogP contribution in [0.2, 0.25) is 0 Å². The van der Waals surface area contributed by atoms with E-state index in [4.69, 9.17) is 4.74 Å². The lowest BCUT2D eigenvalue weighted by Gasteiger charge is -2.03. The van der Waals surface area contributed by atoms with Crippen molar-refractivity contribution in [2.75, 3.05) is 0 Å². The molecule has 1 atom stereocenters. The number of allylic oxidation sites excluding steroid dienone is 3. The van der Waals surface area contributed by atoms with Gasteiger partial charge in [-0.25, -0.2) is 0 Å². The number of carbonyl (C=O) groups is 1. The van der Waals surface area contributed by atoms with Gasteiger partial charge in [-0.2, -0.15) is 0 Å². The van der Waals surface area contributed by atoms with Crippen molar-refractivity contribution < 1.29 is 9.53 Å². The van der Waals surface area contributed by atoms with Crippen LogP contribution in [0.4, 0.5) is 0 Å². The van der Waals surface area contributed by atoms with E-state index in [1.54, 1.807) is 6.92 Å². The Hall–Kier alpha value is -1.05. The summed E-state index contributed by atoms with van der Waals surface area (Å²) < 4.78 is 4.85. The molecular formula is C13H22O2. The van der Waals surface area contributed by atoms with E-state index in [1.807, 2.05) is 6.08 Å². The van der Waals surface area contributed by atoms with Gasteiger partial charge in [0.2, 0.25) is 0 Å². The molecular weight excluding hydrogens is 188 g/mol. The molecule has 0 saturated carbocycles. The van der Waals surface area contributed by atoms with Gasteiger partial charge in [0.1, 0.15) is 0 Å². The highest BCUT2D eigenvalue weighted by Gasteiger charge is 1.97. The Kier molecular flexibility index (Phi) is 7.69. The van der Waals surface area contributed by atoms with Gasteiger partial charge in [0.15, 0.2) is 0 Å². The van der Waals surface area contributed by atoms with Crippen LogP contribution < -0.4 is 0 Å². The molecule has 15 heavy (non-hydrogen) atoms. The van der Waals surface area contributed by atoms with E-state index in [0.717, 1.165) is 12.8 Å². The van der Waals surface area contributed by atoms with Gasteiger partial charge in [0.05, 0.1) is 6.26 Å². The third-order valence-electron chi connectivity index (χ3n) is 2.07. The molecule has 0 aromatic carbocycles. The predicted octanol–water partition coefficient (Wildman–Crippen LogP) is 3.84. The zero-order chi connectivity index (χ0) is 11.7. The fraction of sp³-hybridized carbons (Fsp3) is 0.615. The van der Waals surface area contributed by atoms with Crippen LogP contribution in [-0.2, 0) is 9.53 Å². The van der Waals surface area contributed by atoms with Gasteiger partial charge in [-0.1, -0.05) is 25.5 Å². The lowest BCUT2D eigenvalue weighted by molar-refractivity contribution is -0.137. The van der Waals surface area contributed by atoms with Gasteiger partial charge in [0, 0.05) is 6.42 Å². The molecule has 2 nitrogen and oxygen atoms in total. The normalized spacial score (nSPS) is 12.5. The van der Waals surface area contributed by atoms with Crippen LogP contribution in [0.3, 0.4) is 0 Å². The number of carbonyl (C=O) groups excluding carboxylic acids is 1. The Morgan fingerprint density at radius 2 is 2.07 bits per heavy atom. The third kappa shape index (κ3) is 9.26. The zero-order valence-electron chi connectivity index (χ0n) is 10.2. The average Bonchev–Trinajstić information content (AvgIpc) is 2.17. The largest absolute Gasteiger partial charge is 0.435 e. The molecule has 0 rings (SSSR count). The molecule has 0 aliphatic heterocycles. The van der Waals surface area contributed by atoms with E-state index < -0.39 is 0 Å². The topological polar surface area (TPSA) is 26.3 Å². The highest BCUT2D eigenvalue weighted by atomic mass is 16.5. The third-order valence-corrected chi connectivity index (χ3v) is 2.07. The monoisotopic (exact) mass is 210 g/mol. The molecule has 0 aromatic heterocycles. The number of hydrogen-bond acceptors (Lipinski definition) is 2. The summed E-state index contributed by atoms with van der Waals surface area (Å²) in [6.45, 7) is 8.11. The van der Waals surface area contributed by atoms with Crippen LogP contribution in [0, 0.1) is 5.92 Å². The van der Waals surface area contributed by atoms with Gasteiger partial charge < -0.3 is 4.74 Å². The van der Waals surface area contributed by atoms with Crippen LogP contribution in [0.5, 0.6) is 0 Å². The van der Waals surface area contributed by atoms with Crippen molar-refractivity contribution >= 4 is 5.97 Å². The second kappa shape index (κ2) is 8.27. The lowest BCUT2D eigenvalue weighted by Crippen LogP contribution is -1.96. The minimum absolute atomic E-state index is 0.178. The van der Waals surface area contributed by atoms with Gasteiger partial charge in [-0.05, 0) is 38.7 Å². The summed E-state index contributed by atoms with van der Waals surface area (Å²) in [5.74, 6) is 0.271. The fourth-order valence-corrected chi connectivity index (χ4v) is 1.06. The molecule has 0 aromatic rings.